The smallest absolute Gasteiger partial charge is 0.148 e. The van der Waals surface area contributed by atoms with Crippen molar-refractivity contribution in [1.29, 1.82) is 0 Å². The number of benzene rings is 1. The topological polar surface area (TPSA) is 29.5 Å². The number of hydrogen-bond donors (Lipinski definition) is 1. The minimum atomic E-state index is -0.807. The van der Waals surface area contributed by atoms with E-state index in [9.17, 15) is 9.50 Å². The molecule has 0 heterocycles. The maximum Gasteiger partial charge on any atom is 0.148 e. The summed E-state index contributed by atoms with van der Waals surface area (Å²) in [5.41, 5.74) is 0.271. The van der Waals surface area contributed by atoms with E-state index < -0.39 is 11.9 Å². The largest absolute Gasteiger partial charge is 0.388 e. The molecule has 0 saturated heterocycles. The number of aliphatic hydroxyl groups is 1. The van der Waals surface area contributed by atoms with E-state index in [1.54, 1.807) is 12.1 Å². The maximum absolute atomic E-state index is 13.9. The second-order valence-electron chi connectivity index (χ2n) is 4.93. The SMILES string of the molecule is CCOC1CC(CC(O)c2ccc(Br)c(Cl)c2F)C1. The van der Waals surface area contributed by atoms with Crippen LogP contribution in [-0.4, -0.2) is 17.8 Å². The van der Waals surface area contributed by atoms with E-state index in [0.29, 0.717) is 22.9 Å². The lowest BCUT2D eigenvalue weighted by atomic mass is 9.78. The first kappa shape index (κ1) is 15.2. The quantitative estimate of drug-likeness (QED) is 0.793. The Labute approximate surface area is 126 Å². The Morgan fingerprint density at radius 1 is 1.53 bits per heavy atom. The van der Waals surface area contributed by atoms with Crippen LogP contribution >= 0.6 is 27.5 Å². The summed E-state index contributed by atoms with van der Waals surface area (Å²) in [5, 5.41) is 10.1. The lowest BCUT2D eigenvalue weighted by molar-refractivity contribution is -0.0382. The van der Waals surface area contributed by atoms with Gasteiger partial charge in [-0.3, -0.25) is 0 Å². The number of aliphatic hydroxyl groups excluding tert-OH is 1. The second kappa shape index (κ2) is 6.53. The molecule has 1 aromatic rings. The summed E-state index contributed by atoms with van der Waals surface area (Å²) in [6.07, 6.45) is 1.94. The molecule has 0 radical (unpaired) electrons. The Hall–Kier alpha value is -0.160. The van der Waals surface area contributed by atoms with Crippen molar-refractivity contribution in [3.63, 3.8) is 0 Å². The van der Waals surface area contributed by atoms with Crippen molar-refractivity contribution in [2.75, 3.05) is 6.61 Å². The molecule has 1 aliphatic carbocycles. The van der Waals surface area contributed by atoms with Gasteiger partial charge in [0.1, 0.15) is 5.82 Å². The van der Waals surface area contributed by atoms with E-state index in [-0.39, 0.29) is 10.6 Å². The Kier molecular flexibility index (Phi) is 5.23. The Balaban J connectivity index is 1.94. The average Bonchev–Trinajstić information content (AvgIpc) is 2.33. The van der Waals surface area contributed by atoms with Crippen molar-refractivity contribution in [2.24, 2.45) is 5.92 Å². The number of ether oxygens (including phenoxy) is 1. The predicted molar refractivity (Wildman–Crippen MR) is 76.8 cm³/mol. The monoisotopic (exact) mass is 350 g/mol. The molecular formula is C14H17BrClFO2. The fourth-order valence-corrected chi connectivity index (χ4v) is 2.96. The van der Waals surface area contributed by atoms with Gasteiger partial charge in [-0.25, -0.2) is 4.39 Å². The molecule has 2 nitrogen and oxygen atoms in total. The van der Waals surface area contributed by atoms with Crippen molar-refractivity contribution >= 4 is 27.5 Å². The van der Waals surface area contributed by atoms with Crippen LogP contribution in [0, 0.1) is 11.7 Å². The van der Waals surface area contributed by atoms with Gasteiger partial charge in [0, 0.05) is 16.6 Å². The highest BCUT2D eigenvalue weighted by molar-refractivity contribution is 9.10. The Morgan fingerprint density at radius 3 is 2.84 bits per heavy atom. The third kappa shape index (κ3) is 3.48. The summed E-state index contributed by atoms with van der Waals surface area (Å²) < 4.78 is 19.9. The van der Waals surface area contributed by atoms with Crippen molar-refractivity contribution < 1.29 is 14.2 Å². The normalized spacial score (nSPS) is 24.1. The maximum atomic E-state index is 13.9. The molecule has 1 aliphatic rings. The molecule has 106 valence electrons. The lowest BCUT2D eigenvalue weighted by Gasteiger charge is -2.36. The Morgan fingerprint density at radius 2 is 2.21 bits per heavy atom. The van der Waals surface area contributed by atoms with Crippen LogP contribution in [0.3, 0.4) is 0 Å². The van der Waals surface area contributed by atoms with E-state index in [2.05, 4.69) is 15.9 Å². The van der Waals surface area contributed by atoms with Gasteiger partial charge in [-0.15, -0.1) is 0 Å². The average molecular weight is 352 g/mol. The van der Waals surface area contributed by atoms with E-state index in [1.807, 2.05) is 6.92 Å². The highest BCUT2D eigenvalue weighted by atomic mass is 79.9. The van der Waals surface area contributed by atoms with Gasteiger partial charge in [0.2, 0.25) is 0 Å². The van der Waals surface area contributed by atoms with Gasteiger partial charge in [-0.2, -0.15) is 0 Å². The molecule has 0 amide bonds. The molecule has 1 atom stereocenters. The summed E-state index contributed by atoms with van der Waals surface area (Å²) in [6.45, 7) is 2.69. The van der Waals surface area contributed by atoms with E-state index in [4.69, 9.17) is 16.3 Å². The summed E-state index contributed by atoms with van der Waals surface area (Å²) in [4.78, 5) is 0. The second-order valence-corrected chi connectivity index (χ2v) is 6.16. The zero-order valence-corrected chi connectivity index (χ0v) is 13.0. The zero-order valence-electron chi connectivity index (χ0n) is 10.7. The summed E-state index contributed by atoms with van der Waals surface area (Å²) in [5.74, 6) is -0.141. The number of halogens is 3. The first-order valence-corrected chi connectivity index (χ1v) is 7.63. The van der Waals surface area contributed by atoms with Crippen LogP contribution in [0.25, 0.3) is 0 Å². The van der Waals surface area contributed by atoms with Gasteiger partial charge in [-0.1, -0.05) is 17.7 Å². The van der Waals surface area contributed by atoms with Crippen molar-refractivity contribution in [1.82, 2.24) is 0 Å². The molecule has 19 heavy (non-hydrogen) atoms. The third-order valence-electron chi connectivity index (χ3n) is 3.58. The fourth-order valence-electron chi connectivity index (χ4n) is 2.48. The van der Waals surface area contributed by atoms with E-state index in [0.717, 1.165) is 19.4 Å². The molecule has 1 saturated carbocycles. The molecule has 1 aromatic carbocycles. The molecular weight excluding hydrogens is 335 g/mol. The van der Waals surface area contributed by atoms with Crippen LogP contribution in [0.5, 0.6) is 0 Å². The molecule has 1 N–H and O–H groups in total. The van der Waals surface area contributed by atoms with Crippen LogP contribution in [0.2, 0.25) is 5.02 Å². The molecule has 1 unspecified atom stereocenters. The molecule has 0 aromatic heterocycles. The first-order chi connectivity index (χ1) is 9.02. The highest BCUT2D eigenvalue weighted by Gasteiger charge is 2.32. The van der Waals surface area contributed by atoms with Crippen molar-refractivity contribution in [2.45, 2.75) is 38.4 Å². The summed E-state index contributed by atoms with van der Waals surface area (Å²) in [7, 11) is 0. The van der Waals surface area contributed by atoms with Crippen LogP contribution in [0.4, 0.5) is 4.39 Å². The van der Waals surface area contributed by atoms with Gasteiger partial charge in [0.05, 0.1) is 17.2 Å². The number of hydrogen-bond acceptors (Lipinski definition) is 2. The van der Waals surface area contributed by atoms with Gasteiger partial charge in [-0.05, 0) is 54.1 Å². The van der Waals surface area contributed by atoms with E-state index in [1.165, 1.54) is 0 Å². The van der Waals surface area contributed by atoms with Crippen molar-refractivity contribution in [3.8, 4) is 0 Å². The highest BCUT2D eigenvalue weighted by Crippen LogP contribution is 2.39. The summed E-state index contributed by atoms with van der Waals surface area (Å²) in [6, 6.07) is 3.24. The molecule has 1 fully saturated rings. The van der Waals surface area contributed by atoms with Crippen LogP contribution < -0.4 is 0 Å². The van der Waals surface area contributed by atoms with Gasteiger partial charge >= 0.3 is 0 Å². The molecule has 0 spiro atoms. The first-order valence-electron chi connectivity index (χ1n) is 6.46. The van der Waals surface area contributed by atoms with Gasteiger partial charge < -0.3 is 9.84 Å². The molecule has 0 aliphatic heterocycles. The zero-order chi connectivity index (χ0) is 14.0. The van der Waals surface area contributed by atoms with E-state index >= 15 is 0 Å². The molecule has 0 bridgehead atoms. The minimum absolute atomic E-state index is 0.0253. The summed E-state index contributed by atoms with van der Waals surface area (Å²) >= 11 is 8.98. The molecule has 2 rings (SSSR count). The molecule has 5 heteroatoms. The van der Waals surface area contributed by atoms with Crippen LogP contribution in [0.1, 0.15) is 37.9 Å². The van der Waals surface area contributed by atoms with Gasteiger partial charge in [0.15, 0.2) is 0 Å². The minimum Gasteiger partial charge on any atom is -0.388 e. The lowest BCUT2D eigenvalue weighted by Crippen LogP contribution is -2.32. The van der Waals surface area contributed by atoms with Crippen LogP contribution in [-0.2, 0) is 4.74 Å². The standard InChI is InChI=1S/C14H17BrClFO2/c1-2-19-9-5-8(6-9)7-12(18)10-3-4-11(15)13(16)14(10)17/h3-4,8-9,12,18H,2,5-7H2,1H3. The van der Waals surface area contributed by atoms with Gasteiger partial charge in [0.25, 0.3) is 0 Å². The van der Waals surface area contributed by atoms with Crippen LogP contribution in [0.15, 0.2) is 16.6 Å². The fraction of sp³-hybridized carbons (Fsp3) is 0.571. The van der Waals surface area contributed by atoms with Crippen molar-refractivity contribution in [3.05, 3.63) is 33.0 Å². The third-order valence-corrected chi connectivity index (χ3v) is 4.83. The number of rotatable bonds is 5. The Bertz CT molecular complexity index is 449. The predicted octanol–water partition coefficient (Wildman–Crippen LogP) is 4.48.